The Morgan fingerprint density at radius 3 is 2.44 bits per heavy atom. The zero-order valence-electron chi connectivity index (χ0n) is 18.6. The Morgan fingerprint density at radius 2 is 1.62 bits per heavy atom. The van der Waals surface area contributed by atoms with Crippen LogP contribution in [0.5, 0.6) is 5.75 Å². The highest BCUT2D eigenvalue weighted by molar-refractivity contribution is 6.31. The fourth-order valence-electron chi connectivity index (χ4n) is 3.57. The van der Waals surface area contributed by atoms with Crippen LogP contribution in [0.15, 0.2) is 97.1 Å². The van der Waals surface area contributed by atoms with E-state index in [0.717, 1.165) is 17.7 Å². The van der Waals surface area contributed by atoms with Gasteiger partial charge in [0.05, 0.1) is 17.9 Å². The number of benzene rings is 4. The minimum absolute atomic E-state index is 0.203. The van der Waals surface area contributed by atoms with Crippen LogP contribution in [-0.4, -0.2) is 12.5 Å². The van der Waals surface area contributed by atoms with Crippen molar-refractivity contribution in [1.29, 1.82) is 0 Å². The number of nitrogens with two attached hydrogens (primary N) is 1. The van der Waals surface area contributed by atoms with E-state index in [1.807, 2.05) is 66.7 Å². The lowest BCUT2D eigenvalue weighted by molar-refractivity contribution is 0.0952. The number of carbonyl (C=O) groups is 1. The van der Waals surface area contributed by atoms with Crippen LogP contribution < -0.4 is 21.1 Å². The van der Waals surface area contributed by atoms with Crippen molar-refractivity contribution >= 4 is 34.6 Å². The SMILES string of the molecule is Nc1cc(Nc2ccccc2C(=O)NCc2ccccc2Cl)cc(OCCc2ccccc2)c1. The lowest BCUT2D eigenvalue weighted by Crippen LogP contribution is -2.23. The smallest absolute Gasteiger partial charge is 0.253 e. The highest BCUT2D eigenvalue weighted by Crippen LogP contribution is 2.27. The number of ether oxygens (including phenoxy) is 1. The van der Waals surface area contributed by atoms with Crippen LogP contribution in [0.3, 0.4) is 0 Å². The Morgan fingerprint density at radius 1 is 0.882 bits per heavy atom. The van der Waals surface area contributed by atoms with Gasteiger partial charge in [-0.15, -0.1) is 0 Å². The fourth-order valence-corrected chi connectivity index (χ4v) is 3.77. The molecule has 172 valence electrons. The maximum Gasteiger partial charge on any atom is 0.253 e. The third-order valence-corrected chi connectivity index (χ3v) is 5.65. The quantitative estimate of drug-likeness (QED) is 0.253. The van der Waals surface area contributed by atoms with Crippen molar-refractivity contribution in [1.82, 2.24) is 5.32 Å². The van der Waals surface area contributed by atoms with E-state index in [2.05, 4.69) is 22.8 Å². The fraction of sp³-hybridized carbons (Fsp3) is 0.107. The predicted octanol–water partition coefficient (Wildman–Crippen LogP) is 6.22. The molecule has 4 N–H and O–H groups in total. The van der Waals surface area contributed by atoms with E-state index >= 15 is 0 Å². The molecule has 4 rings (SSSR count). The molecule has 0 aliphatic heterocycles. The maximum absolute atomic E-state index is 12.9. The second-order valence-corrected chi connectivity index (χ2v) is 8.23. The van der Waals surface area contributed by atoms with Crippen molar-refractivity contribution in [3.63, 3.8) is 0 Å². The molecule has 0 unspecified atom stereocenters. The van der Waals surface area contributed by atoms with E-state index in [1.165, 1.54) is 5.56 Å². The Hall–Kier alpha value is -3.96. The van der Waals surface area contributed by atoms with Gasteiger partial charge in [0.15, 0.2) is 0 Å². The summed E-state index contributed by atoms with van der Waals surface area (Å²) >= 11 is 6.21. The van der Waals surface area contributed by atoms with Crippen molar-refractivity contribution < 1.29 is 9.53 Å². The first-order valence-corrected chi connectivity index (χ1v) is 11.4. The molecule has 0 aromatic heterocycles. The number of nitrogen functional groups attached to an aromatic ring is 1. The first-order valence-electron chi connectivity index (χ1n) is 11.0. The van der Waals surface area contributed by atoms with Gasteiger partial charge in [0, 0.05) is 41.5 Å². The van der Waals surface area contributed by atoms with Gasteiger partial charge in [-0.1, -0.05) is 72.3 Å². The zero-order chi connectivity index (χ0) is 23.8. The molecule has 0 heterocycles. The van der Waals surface area contributed by atoms with E-state index in [9.17, 15) is 4.79 Å². The predicted molar refractivity (Wildman–Crippen MR) is 139 cm³/mol. The average molecular weight is 472 g/mol. The molecular weight excluding hydrogens is 446 g/mol. The summed E-state index contributed by atoms with van der Waals surface area (Å²) in [5.74, 6) is 0.463. The molecule has 1 amide bonds. The number of anilines is 3. The molecular formula is C28H26ClN3O2. The molecule has 6 heteroatoms. The molecule has 4 aromatic rings. The van der Waals surface area contributed by atoms with Crippen LogP contribution in [0.25, 0.3) is 0 Å². The number of hydrogen-bond acceptors (Lipinski definition) is 4. The number of hydrogen-bond donors (Lipinski definition) is 3. The standard InChI is InChI=1S/C28H26ClN3O2/c29-26-12-6-4-10-21(26)19-31-28(33)25-11-5-7-13-27(25)32-23-16-22(30)17-24(18-23)34-15-14-20-8-2-1-3-9-20/h1-13,16-18,32H,14-15,19,30H2,(H,31,33). The molecule has 0 bridgehead atoms. The molecule has 4 aromatic carbocycles. The number of para-hydroxylation sites is 1. The summed E-state index contributed by atoms with van der Waals surface area (Å²) in [4.78, 5) is 12.9. The van der Waals surface area contributed by atoms with Crippen molar-refractivity contribution in [3.05, 3.63) is 119 Å². The zero-order valence-corrected chi connectivity index (χ0v) is 19.4. The average Bonchev–Trinajstić information content (AvgIpc) is 2.84. The van der Waals surface area contributed by atoms with E-state index in [0.29, 0.717) is 40.9 Å². The number of halogens is 1. The first-order chi connectivity index (χ1) is 16.6. The summed E-state index contributed by atoms with van der Waals surface area (Å²) < 4.78 is 5.93. The minimum atomic E-state index is -0.203. The van der Waals surface area contributed by atoms with Crippen LogP contribution in [0.1, 0.15) is 21.5 Å². The van der Waals surface area contributed by atoms with Crippen LogP contribution >= 0.6 is 11.6 Å². The van der Waals surface area contributed by atoms with E-state index in [-0.39, 0.29) is 5.91 Å². The lowest BCUT2D eigenvalue weighted by Gasteiger charge is -2.15. The highest BCUT2D eigenvalue weighted by Gasteiger charge is 2.12. The lowest BCUT2D eigenvalue weighted by atomic mass is 10.1. The van der Waals surface area contributed by atoms with Crippen molar-refractivity contribution in [2.75, 3.05) is 17.7 Å². The van der Waals surface area contributed by atoms with Crippen molar-refractivity contribution in [2.45, 2.75) is 13.0 Å². The number of amides is 1. The summed E-state index contributed by atoms with van der Waals surface area (Å²) in [5, 5.41) is 6.86. The Bertz CT molecular complexity index is 1260. The third-order valence-electron chi connectivity index (χ3n) is 5.28. The van der Waals surface area contributed by atoms with Gasteiger partial charge in [-0.05, 0) is 35.4 Å². The third kappa shape index (κ3) is 6.30. The molecule has 0 saturated carbocycles. The van der Waals surface area contributed by atoms with Gasteiger partial charge in [0.1, 0.15) is 5.75 Å². The molecule has 0 radical (unpaired) electrons. The van der Waals surface area contributed by atoms with Crippen molar-refractivity contribution in [2.24, 2.45) is 0 Å². The Balaban J connectivity index is 1.43. The normalized spacial score (nSPS) is 10.5. The van der Waals surface area contributed by atoms with E-state index < -0.39 is 0 Å². The van der Waals surface area contributed by atoms with Crippen LogP contribution in [0, 0.1) is 0 Å². The Kier molecular flexibility index (Phi) is 7.68. The topological polar surface area (TPSA) is 76.4 Å². The van der Waals surface area contributed by atoms with Crippen LogP contribution in [-0.2, 0) is 13.0 Å². The molecule has 0 aliphatic rings. The van der Waals surface area contributed by atoms with Gasteiger partial charge in [-0.25, -0.2) is 0 Å². The highest BCUT2D eigenvalue weighted by atomic mass is 35.5. The summed E-state index contributed by atoms with van der Waals surface area (Å²) in [7, 11) is 0. The summed E-state index contributed by atoms with van der Waals surface area (Å²) in [6.45, 7) is 0.873. The second-order valence-electron chi connectivity index (χ2n) is 7.82. The second kappa shape index (κ2) is 11.3. The maximum atomic E-state index is 12.9. The molecule has 0 fully saturated rings. The van der Waals surface area contributed by atoms with E-state index in [1.54, 1.807) is 18.2 Å². The Labute approximate surface area is 204 Å². The van der Waals surface area contributed by atoms with E-state index in [4.69, 9.17) is 22.1 Å². The van der Waals surface area contributed by atoms with Gasteiger partial charge in [-0.2, -0.15) is 0 Å². The molecule has 0 spiro atoms. The number of carbonyl (C=O) groups excluding carboxylic acids is 1. The number of nitrogens with one attached hydrogen (secondary N) is 2. The minimum Gasteiger partial charge on any atom is -0.493 e. The van der Waals surface area contributed by atoms with Gasteiger partial charge >= 0.3 is 0 Å². The largest absolute Gasteiger partial charge is 0.493 e. The van der Waals surface area contributed by atoms with Gasteiger partial charge in [0.2, 0.25) is 0 Å². The van der Waals surface area contributed by atoms with Crippen molar-refractivity contribution in [3.8, 4) is 5.75 Å². The first kappa shape index (κ1) is 23.2. The number of rotatable bonds is 9. The van der Waals surface area contributed by atoms with Gasteiger partial charge in [-0.3, -0.25) is 4.79 Å². The van der Waals surface area contributed by atoms with Crippen LogP contribution in [0.2, 0.25) is 5.02 Å². The molecule has 34 heavy (non-hydrogen) atoms. The summed E-state index contributed by atoms with van der Waals surface area (Å²) in [6, 6.07) is 30.4. The monoisotopic (exact) mass is 471 g/mol. The molecule has 0 saturated heterocycles. The molecule has 5 nitrogen and oxygen atoms in total. The van der Waals surface area contributed by atoms with Crippen LogP contribution in [0.4, 0.5) is 17.1 Å². The summed E-state index contributed by atoms with van der Waals surface area (Å²) in [5.41, 5.74) is 10.7. The molecule has 0 atom stereocenters. The summed E-state index contributed by atoms with van der Waals surface area (Å²) in [6.07, 6.45) is 0.798. The van der Waals surface area contributed by atoms with Gasteiger partial charge in [0.25, 0.3) is 5.91 Å². The van der Waals surface area contributed by atoms with Gasteiger partial charge < -0.3 is 21.1 Å². The molecule has 0 aliphatic carbocycles.